The van der Waals surface area contributed by atoms with Gasteiger partial charge in [-0.15, -0.1) is 6.58 Å². The second-order valence-corrected chi connectivity index (χ2v) is 9.09. The molecule has 152 valence electrons. The van der Waals surface area contributed by atoms with Gasteiger partial charge in [0.15, 0.2) is 0 Å². The zero-order valence-corrected chi connectivity index (χ0v) is 18.7. The molecule has 0 fully saturated rings. The monoisotopic (exact) mass is 362 g/mol. The SMILES string of the molecule is C=CC(C)C/C=C(\CC(O)/C(C)=C\CCC(C)C)C(C)CCCC(C)C. The van der Waals surface area contributed by atoms with E-state index < -0.39 is 0 Å². The van der Waals surface area contributed by atoms with E-state index in [4.69, 9.17) is 0 Å². The molecule has 0 aromatic carbocycles. The number of hydrogen-bond acceptors (Lipinski definition) is 1. The highest BCUT2D eigenvalue weighted by Crippen LogP contribution is 2.26. The van der Waals surface area contributed by atoms with Gasteiger partial charge in [-0.3, -0.25) is 0 Å². The Morgan fingerprint density at radius 3 is 2.08 bits per heavy atom. The van der Waals surface area contributed by atoms with Gasteiger partial charge < -0.3 is 5.11 Å². The maximum absolute atomic E-state index is 10.7. The van der Waals surface area contributed by atoms with Crippen molar-refractivity contribution in [2.24, 2.45) is 23.7 Å². The quantitative estimate of drug-likeness (QED) is 0.313. The van der Waals surface area contributed by atoms with E-state index in [9.17, 15) is 5.11 Å². The van der Waals surface area contributed by atoms with Gasteiger partial charge in [-0.25, -0.2) is 0 Å². The van der Waals surface area contributed by atoms with E-state index in [1.54, 1.807) is 0 Å². The fourth-order valence-corrected chi connectivity index (χ4v) is 3.10. The maximum Gasteiger partial charge on any atom is 0.0784 e. The zero-order chi connectivity index (χ0) is 20.1. The van der Waals surface area contributed by atoms with Crippen molar-refractivity contribution >= 4 is 0 Å². The Kier molecular flexibility index (Phi) is 13.8. The molecule has 0 saturated heterocycles. The number of aliphatic hydroxyl groups excluding tert-OH is 1. The lowest BCUT2D eigenvalue weighted by molar-refractivity contribution is 0.206. The number of rotatable bonds is 14. The average Bonchev–Trinajstić information content (AvgIpc) is 2.56. The van der Waals surface area contributed by atoms with Crippen molar-refractivity contribution in [3.8, 4) is 0 Å². The fraction of sp³-hybridized carbons (Fsp3) is 0.760. The first-order valence-electron chi connectivity index (χ1n) is 10.8. The molecule has 0 aliphatic heterocycles. The van der Waals surface area contributed by atoms with Crippen LogP contribution in [0.4, 0.5) is 0 Å². The molecule has 0 radical (unpaired) electrons. The Hall–Kier alpha value is -0.820. The summed E-state index contributed by atoms with van der Waals surface area (Å²) in [7, 11) is 0. The summed E-state index contributed by atoms with van der Waals surface area (Å²) >= 11 is 0. The van der Waals surface area contributed by atoms with Crippen molar-refractivity contribution in [3.63, 3.8) is 0 Å². The average molecular weight is 363 g/mol. The standard InChI is InChI=1S/C25H46O/c1-9-21(6)16-17-24(22(7)14-10-12-19(2)3)18-25(26)23(8)15-11-13-20(4)5/h9,15,17,19-22,25-26H,1,10-14,16,18H2,2-8H3/b23-15-,24-17+. The minimum atomic E-state index is -0.347. The van der Waals surface area contributed by atoms with E-state index in [0.29, 0.717) is 17.8 Å². The first-order valence-corrected chi connectivity index (χ1v) is 10.8. The predicted molar refractivity (Wildman–Crippen MR) is 118 cm³/mol. The molecule has 0 aromatic heterocycles. The van der Waals surface area contributed by atoms with Crippen LogP contribution >= 0.6 is 0 Å². The topological polar surface area (TPSA) is 20.2 Å². The third-order valence-corrected chi connectivity index (χ3v) is 5.37. The summed E-state index contributed by atoms with van der Waals surface area (Å²) in [5.74, 6) is 2.52. The van der Waals surface area contributed by atoms with E-state index >= 15 is 0 Å². The smallest absolute Gasteiger partial charge is 0.0784 e. The van der Waals surface area contributed by atoms with Gasteiger partial charge in [-0.1, -0.05) is 78.2 Å². The van der Waals surface area contributed by atoms with Crippen molar-refractivity contribution in [2.75, 3.05) is 0 Å². The third-order valence-electron chi connectivity index (χ3n) is 5.37. The zero-order valence-electron chi connectivity index (χ0n) is 18.7. The molecule has 3 unspecified atom stereocenters. The molecule has 0 saturated carbocycles. The van der Waals surface area contributed by atoms with Crippen molar-refractivity contribution in [1.82, 2.24) is 0 Å². The highest BCUT2D eigenvalue weighted by atomic mass is 16.3. The Morgan fingerprint density at radius 2 is 1.54 bits per heavy atom. The molecule has 0 aromatic rings. The van der Waals surface area contributed by atoms with E-state index in [1.165, 1.54) is 31.3 Å². The van der Waals surface area contributed by atoms with Gasteiger partial charge in [0.2, 0.25) is 0 Å². The molecule has 1 nitrogen and oxygen atoms in total. The first-order chi connectivity index (χ1) is 12.2. The van der Waals surface area contributed by atoms with Gasteiger partial charge >= 0.3 is 0 Å². The summed E-state index contributed by atoms with van der Waals surface area (Å²) in [6, 6.07) is 0. The fourth-order valence-electron chi connectivity index (χ4n) is 3.10. The molecular weight excluding hydrogens is 316 g/mol. The second-order valence-electron chi connectivity index (χ2n) is 9.09. The van der Waals surface area contributed by atoms with Crippen LogP contribution < -0.4 is 0 Å². The molecular formula is C25H46O. The molecule has 0 bridgehead atoms. The van der Waals surface area contributed by atoms with Crippen molar-refractivity contribution < 1.29 is 5.11 Å². The van der Waals surface area contributed by atoms with Gasteiger partial charge in [0.25, 0.3) is 0 Å². The largest absolute Gasteiger partial charge is 0.388 e. The van der Waals surface area contributed by atoms with Gasteiger partial charge in [0.1, 0.15) is 0 Å². The second kappa shape index (κ2) is 14.3. The summed E-state index contributed by atoms with van der Waals surface area (Å²) in [5, 5.41) is 10.7. The van der Waals surface area contributed by atoms with Gasteiger partial charge in [-0.05, 0) is 68.3 Å². The molecule has 0 spiro atoms. The van der Waals surface area contributed by atoms with E-state index in [0.717, 1.165) is 30.8 Å². The third kappa shape index (κ3) is 12.5. The lowest BCUT2D eigenvalue weighted by Crippen LogP contribution is -2.13. The molecule has 3 atom stereocenters. The summed E-state index contributed by atoms with van der Waals surface area (Å²) in [4.78, 5) is 0. The van der Waals surface area contributed by atoms with Crippen LogP contribution in [0.1, 0.15) is 93.4 Å². The van der Waals surface area contributed by atoms with Crippen LogP contribution in [0.2, 0.25) is 0 Å². The molecule has 0 amide bonds. The lowest BCUT2D eigenvalue weighted by atomic mass is 9.87. The van der Waals surface area contributed by atoms with Crippen LogP contribution in [-0.2, 0) is 0 Å². The molecule has 0 aliphatic rings. The number of hydrogen-bond donors (Lipinski definition) is 1. The van der Waals surface area contributed by atoms with Gasteiger partial charge in [0.05, 0.1) is 6.10 Å². The molecule has 0 aliphatic carbocycles. The van der Waals surface area contributed by atoms with Crippen LogP contribution in [0.5, 0.6) is 0 Å². The molecule has 0 rings (SSSR count). The summed E-state index contributed by atoms with van der Waals surface area (Å²) in [6.07, 6.45) is 14.1. The van der Waals surface area contributed by atoms with E-state index in [1.807, 2.05) is 6.08 Å². The minimum Gasteiger partial charge on any atom is -0.388 e. The van der Waals surface area contributed by atoms with Crippen LogP contribution in [0, 0.1) is 23.7 Å². The Labute approximate surface area is 164 Å². The normalized spacial score (nSPS) is 16.8. The van der Waals surface area contributed by atoms with Gasteiger partial charge in [0, 0.05) is 0 Å². The summed E-state index contributed by atoms with van der Waals surface area (Å²) in [6.45, 7) is 19.6. The number of allylic oxidation sites excluding steroid dienone is 3. The van der Waals surface area contributed by atoms with Crippen molar-refractivity contribution in [2.45, 2.75) is 99.5 Å². The Bertz CT molecular complexity index is 427. The van der Waals surface area contributed by atoms with Crippen molar-refractivity contribution in [3.05, 3.63) is 36.0 Å². The molecule has 0 heterocycles. The highest BCUT2D eigenvalue weighted by molar-refractivity contribution is 5.15. The van der Waals surface area contributed by atoms with Crippen LogP contribution in [-0.4, -0.2) is 11.2 Å². The lowest BCUT2D eigenvalue weighted by Gasteiger charge is -2.21. The Balaban J connectivity index is 4.89. The number of aliphatic hydroxyl groups is 1. The first kappa shape index (κ1) is 25.2. The van der Waals surface area contributed by atoms with Crippen LogP contribution in [0.15, 0.2) is 36.0 Å². The van der Waals surface area contributed by atoms with Gasteiger partial charge in [-0.2, -0.15) is 0 Å². The molecule has 1 heteroatoms. The Morgan fingerprint density at radius 1 is 0.923 bits per heavy atom. The molecule has 1 N–H and O–H groups in total. The van der Waals surface area contributed by atoms with E-state index in [2.05, 4.69) is 67.2 Å². The van der Waals surface area contributed by atoms with E-state index in [-0.39, 0.29) is 6.10 Å². The predicted octanol–water partition coefficient (Wildman–Crippen LogP) is 7.72. The highest BCUT2D eigenvalue weighted by Gasteiger charge is 2.15. The molecule has 26 heavy (non-hydrogen) atoms. The summed E-state index contributed by atoms with van der Waals surface area (Å²) in [5.41, 5.74) is 2.55. The van der Waals surface area contributed by atoms with Crippen LogP contribution in [0.3, 0.4) is 0 Å². The summed E-state index contributed by atoms with van der Waals surface area (Å²) < 4.78 is 0. The van der Waals surface area contributed by atoms with Crippen LogP contribution in [0.25, 0.3) is 0 Å². The maximum atomic E-state index is 10.7. The minimum absolute atomic E-state index is 0.347. The van der Waals surface area contributed by atoms with Crippen molar-refractivity contribution in [1.29, 1.82) is 0 Å².